The van der Waals surface area contributed by atoms with Crippen molar-refractivity contribution in [3.63, 3.8) is 0 Å². The Labute approximate surface area is 142 Å². The number of methoxy groups -OCH3 is 2. The van der Waals surface area contributed by atoms with Crippen molar-refractivity contribution >= 4 is 11.5 Å². The Morgan fingerprint density at radius 1 is 1.00 bits per heavy atom. The minimum absolute atomic E-state index is 0.0621. The summed E-state index contributed by atoms with van der Waals surface area (Å²) in [6.45, 7) is 0. The van der Waals surface area contributed by atoms with Gasteiger partial charge in [-0.15, -0.1) is 0 Å². The van der Waals surface area contributed by atoms with Gasteiger partial charge in [0.25, 0.3) is 0 Å². The molecule has 0 unspecified atom stereocenters. The average molecular weight is 351 g/mol. The van der Waals surface area contributed by atoms with Gasteiger partial charge in [-0.2, -0.15) is 13.2 Å². The van der Waals surface area contributed by atoms with Crippen LogP contribution < -0.4 is 14.6 Å². The van der Waals surface area contributed by atoms with Crippen LogP contribution in [0.3, 0.4) is 0 Å². The second kappa shape index (κ2) is 7.29. The normalized spacial score (nSPS) is 12.0. The van der Waals surface area contributed by atoms with Gasteiger partial charge in [-0.25, -0.2) is 0 Å². The van der Waals surface area contributed by atoms with E-state index in [0.29, 0.717) is 17.1 Å². The lowest BCUT2D eigenvalue weighted by Crippen LogP contribution is -2.19. The molecule has 0 fully saturated rings. The highest BCUT2D eigenvalue weighted by atomic mass is 19.4. The van der Waals surface area contributed by atoms with Crippen LogP contribution >= 0.6 is 0 Å². The second-order valence-electron chi connectivity index (χ2n) is 5.03. The third kappa shape index (κ3) is 4.32. The molecule has 0 bridgehead atoms. The number of halogens is 3. The maximum Gasteiger partial charge on any atom is 0.416 e. The van der Waals surface area contributed by atoms with E-state index >= 15 is 0 Å². The molecule has 0 atom stereocenters. The van der Waals surface area contributed by atoms with Crippen LogP contribution in [0.1, 0.15) is 16.7 Å². The molecule has 2 aromatic carbocycles. The van der Waals surface area contributed by atoms with Crippen LogP contribution in [0.25, 0.3) is 5.57 Å². The fraction of sp³-hybridized carbons (Fsp3) is 0.167. The molecule has 0 aliphatic rings. The zero-order valence-corrected chi connectivity index (χ0v) is 13.4. The third-order valence-electron chi connectivity index (χ3n) is 3.46. The minimum atomic E-state index is -4.54. The van der Waals surface area contributed by atoms with E-state index in [1.54, 1.807) is 0 Å². The highest BCUT2D eigenvalue weighted by Gasteiger charge is 2.30. The number of hydrogen-bond donors (Lipinski definition) is 0. The summed E-state index contributed by atoms with van der Waals surface area (Å²) in [4.78, 5) is 11.1. The van der Waals surface area contributed by atoms with E-state index in [1.165, 1.54) is 44.6 Å². The van der Waals surface area contributed by atoms with Gasteiger partial charge >= 0.3 is 6.18 Å². The highest BCUT2D eigenvalue weighted by Crippen LogP contribution is 2.35. The molecular formula is C18H14F3O4-. The predicted molar refractivity (Wildman–Crippen MR) is 83.1 cm³/mol. The Kier molecular flexibility index (Phi) is 5.36. The van der Waals surface area contributed by atoms with Crippen LogP contribution in [0.15, 0.2) is 48.5 Å². The molecule has 0 heterocycles. The van der Waals surface area contributed by atoms with Gasteiger partial charge < -0.3 is 19.4 Å². The SMILES string of the molecule is COc1ccc(/C(=C/C(=O)[O-])c2cccc(C(F)(F)F)c2)cc1OC. The number of benzene rings is 2. The number of ether oxygens (including phenoxy) is 2. The number of carboxylic acids is 1. The van der Waals surface area contributed by atoms with Crippen LogP contribution in [0.5, 0.6) is 11.5 Å². The molecular weight excluding hydrogens is 337 g/mol. The van der Waals surface area contributed by atoms with Gasteiger partial charge in [0, 0.05) is 0 Å². The molecule has 0 N–H and O–H groups in total. The van der Waals surface area contributed by atoms with Crippen LogP contribution in [-0.4, -0.2) is 20.2 Å². The number of hydrogen-bond acceptors (Lipinski definition) is 4. The topological polar surface area (TPSA) is 58.6 Å². The van der Waals surface area contributed by atoms with Crippen LogP contribution in [-0.2, 0) is 11.0 Å². The molecule has 0 spiro atoms. The van der Waals surface area contributed by atoms with Crippen LogP contribution in [0, 0.1) is 0 Å². The van der Waals surface area contributed by atoms with Crippen molar-refractivity contribution in [2.24, 2.45) is 0 Å². The summed E-state index contributed by atoms with van der Waals surface area (Å²) in [6.07, 6.45) is -3.79. The summed E-state index contributed by atoms with van der Waals surface area (Å²) < 4.78 is 49.0. The van der Waals surface area contributed by atoms with E-state index in [9.17, 15) is 23.1 Å². The van der Waals surface area contributed by atoms with Crippen molar-refractivity contribution in [1.29, 1.82) is 0 Å². The van der Waals surface area contributed by atoms with Crippen molar-refractivity contribution in [2.45, 2.75) is 6.18 Å². The first kappa shape index (κ1) is 18.4. The summed E-state index contributed by atoms with van der Waals surface area (Å²) in [5.74, 6) is -0.804. The smallest absolute Gasteiger partial charge is 0.416 e. The van der Waals surface area contributed by atoms with Crippen LogP contribution in [0.2, 0.25) is 0 Å². The molecule has 0 aliphatic carbocycles. The number of carbonyl (C=O) groups is 1. The molecule has 0 amide bonds. The van der Waals surface area contributed by atoms with Gasteiger partial charge in [0.15, 0.2) is 11.5 Å². The van der Waals surface area contributed by atoms with E-state index < -0.39 is 17.7 Å². The fourth-order valence-corrected chi connectivity index (χ4v) is 2.32. The molecule has 2 rings (SSSR count). The van der Waals surface area contributed by atoms with Gasteiger partial charge in [0.1, 0.15) is 0 Å². The van der Waals surface area contributed by atoms with Gasteiger partial charge in [0.05, 0.1) is 25.8 Å². The summed E-state index contributed by atoms with van der Waals surface area (Å²) in [5, 5.41) is 11.1. The lowest BCUT2D eigenvalue weighted by Gasteiger charge is -2.15. The molecule has 0 aliphatic heterocycles. The lowest BCUT2D eigenvalue weighted by atomic mass is 9.95. The Bertz CT molecular complexity index is 810. The van der Waals surface area contributed by atoms with Gasteiger partial charge in [-0.3, -0.25) is 0 Å². The molecule has 4 nitrogen and oxygen atoms in total. The van der Waals surface area contributed by atoms with Crippen molar-refractivity contribution < 1.29 is 32.5 Å². The second-order valence-corrected chi connectivity index (χ2v) is 5.03. The summed E-state index contributed by atoms with van der Waals surface area (Å²) in [7, 11) is 2.83. The first-order valence-electron chi connectivity index (χ1n) is 7.09. The first-order chi connectivity index (χ1) is 11.8. The Morgan fingerprint density at radius 2 is 1.64 bits per heavy atom. The first-order valence-corrected chi connectivity index (χ1v) is 7.09. The fourth-order valence-electron chi connectivity index (χ4n) is 2.32. The number of carbonyl (C=O) groups excluding carboxylic acids is 1. The Morgan fingerprint density at radius 3 is 2.20 bits per heavy atom. The van der Waals surface area contributed by atoms with E-state index in [4.69, 9.17) is 9.47 Å². The number of aliphatic carboxylic acids is 1. The standard InChI is InChI=1S/C18H15F3O4/c1-24-15-7-6-12(9-16(15)25-2)14(10-17(22)23)11-4-3-5-13(8-11)18(19,20)21/h3-10H,1-2H3,(H,22,23)/p-1/b14-10+. The minimum Gasteiger partial charge on any atom is -0.545 e. The molecule has 0 saturated heterocycles. The van der Waals surface area contributed by atoms with Crippen molar-refractivity contribution in [3.8, 4) is 11.5 Å². The van der Waals surface area contributed by atoms with Crippen molar-refractivity contribution in [2.75, 3.05) is 14.2 Å². The number of carboxylic acid groups (broad SMARTS) is 1. The average Bonchev–Trinajstić information content (AvgIpc) is 2.58. The highest BCUT2D eigenvalue weighted by molar-refractivity contribution is 5.94. The molecule has 0 radical (unpaired) electrons. The molecule has 0 saturated carbocycles. The van der Waals surface area contributed by atoms with Crippen LogP contribution in [0.4, 0.5) is 13.2 Å². The summed E-state index contributed by atoms with van der Waals surface area (Å²) >= 11 is 0. The van der Waals surface area contributed by atoms with Gasteiger partial charge in [-0.1, -0.05) is 18.2 Å². The number of rotatable bonds is 5. The van der Waals surface area contributed by atoms with Crippen molar-refractivity contribution in [3.05, 3.63) is 65.2 Å². The molecule has 25 heavy (non-hydrogen) atoms. The summed E-state index contributed by atoms with van der Waals surface area (Å²) in [5.41, 5.74) is -0.380. The maximum absolute atomic E-state index is 12.9. The van der Waals surface area contributed by atoms with E-state index in [1.807, 2.05) is 0 Å². The molecule has 0 aromatic heterocycles. The van der Waals surface area contributed by atoms with Crippen molar-refractivity contribution in [1.82, 2.24) is 0 Å². The molecule has 7 heteroatoms. The van der Waals surface area contributed by atoms with Gasteiger partial charge in [-0.05, 0) is 47.0 Å². The summed E-state index contributed by atoms with van der Waals surface area (Å²) in [6, 6.07) is 8.93. The maximum atomic E-state index is 12.9. The van der Waals surface area contributed by atoms with E-state index in [2.05, 4.69) is 0 Å². The number of alkyl halides is 3. The Balaban J connectivity index is 2.61. The van der Waals surface area contributed by atoms with E-state index in [-0.39, 0.29) is 11.1 Å². The predicted octanol–water partition coefficient (Wildman–Crippen LogP) is 2.90. The molecule has 132 valence electrons. The largest absolute Gasteiger partial charge is 0.545 e. The zero-order chi connectivity index (χ0) is 18.6. The van der Waals surface area contributed by atoms with Gasteiger partial charge in [0.2, 0.25) is 0 Å². The Hall–Kier alpha value is -2.96. The van der Waals surface area contributed by atoms with E-state index in [0.717, 1.165) is 18.2 Å². The molecule has 2 aromatic rings. The lowest BCUT2D eigenvalue weighted by molar-refractivity contribution is -0.297. The third-order valence-corrected chi connectivity index (χ3v) is 3.46. The monoisotopic (exact) mass is 351 g/mol. The zero-order valence-electron chi connectivity index (χ0n) is 13.4. The quantitative estimate of drug-likeness (QED) is 0.778.